The van der Waals surface area contributed by atoms with Crippen LogP contribution in [0.15, 0.2) is 67.1 Å². The first-order valence-corrected chi connectivity index (χ1v) is 8.97. The maximum atomic E-state index is 8.09. The predicted octanol–water partition coefficient (Wildman–Crippen LogP) is 4.92. The highest BCUT2D eigenvalue weighted by atomic mass is 15.0. The largest absolute Gasteiger partial charge is 0.309 e. The minimum Gasteiger partial charge on any atom is -0.309 e. The summed E-state index contributed by atoms with van der Waals surface area (Å²) in [4.78, 5) is 4.73. The number of fused-ring (bicyclic) bond motifs is 1. The topological polar surface area (TPSA) is 46.1 Å². The molecule has 0 bridgehead atoms. The molecule has 0 saturated carbocycles. The molecule has 0 unspecified atom stereocenters. The Balaban J connectivity index is 1.64. The first-order valence-electron chi connectivity index (χ1n) is 8.97. The van der Waals surface area contributed by atoms with E-state index in [0.717, 1.165) is 33.6 Å². The van der Waals surface area contributed by atoms with E-state index < -0.39 is 0 Å². The van der Waals surface area contributed by atoms with Gasteiger partial charge < -0.3 is 8.97 Å². The highest BCUT2D eigenvalue weighted by molar-refractivity contribution is 5.75. The molecule has 4 heteroatoms. The SMILES string of the molecule is C/C(=C\n1ccc(C)cc1=N)c1ccc(-c2cn3ccc(C)cc3n2)cc1. The van der Waals surface area contributed by atoms with Gasteiger partial charge in [0.1, 0.15) is 11.1 Å². The molecule has 4 nitrogen and oxygen atoms in total. The van der Waals surface area contributed by atoms with Crippen LogP contribution in [0.4, 0.5) is 0 Å². The van der Waals surface area contributed by atoms with Crippen LogP contribution in [0.5, 0.6) is 0 Å². The Morgan fingerprint density at radius 1 is 0.963 bits per heavy atom. The Hall–Kier alpha value is -3.40. The second-order valence-corrected chi connectivity index (χ2v) is 6.98. The first kappa shape index (κ1) is 17.0. The van der Waals surface area contributed by atoms with Gasteiger partial charge in [-0.3, -0.25) is 5.41 Å². The van der Waals surface area contributed by atoms with Gasteiger partial charge in [-0.25, -0.2) is 4.98 Å². The van der Waals surface area contributed by atoms with Crippen molar-refractivity contribution in [2.75, 3.05) is 0 Å². The van der Waals surface area contributed by atoms with Gasteiger partial charge in [0, 0.05) is 30.4 Å². The molecule has 0 amide bonds. The van der Waals surface area contributed by atoms with Gasteiger partial charge in [-0.15, -0.1) is 0 Å². The van der Waals surface area contributed by atoms with Gasteiger partial charge in [-0.1, -0.05) is 24.3 Å². The van der Waals surface area contributed by atoms with Crippen molar-refractivity contribution < 1.29 is 0 Å². The van der Waals surface area contributed by atoms with Crippen molar-refractivity contribution in [2.24, 2.45) is 0 Å². The lowest BCUT2D eigenvalue weighted by molar-refractivity contribution is 0.966. The number of rotatable bonds is 3. The van der Waals surface area contributed by atoms with Crippen LogP contribution in [0.2, 0.25) is 0 Å². The van der Waals surface area contributed by atoms with E-state index in [-0.39, 0.29) is 0 Å². The number of nitrogens with zero attached hydrogens (tertiary/aromatic N) is 3. The third kappa shape index (κ3) is 3.47. The number of hydrogen-bond donors (Lipinski definition) is 1. The van der Waals surface area contributed by atoms with Crippen LogP contribution < -0.4 is 5.49 Å². The molecule has 0 aliphatic rings. The molecule has 0 fully saturated rings. The zero-order valence-electron chi connectivity index (χ0n) is 15.8. The maximum Gasteiger partial charge on any atom is 0.137 e. The first-order chi connectivity index (χ1) is 13.0. The van der Waals surface area contributed by atoms with Crippen molar-refractivity contribution in [3.8, 4) is 11.3 Å². The summed E-state index contributed by atoms with van der Waals surface area (Å²) in [6.45, 7) is 6.14. The Labute approximate surface area is 158 Å². The van der Waals surface area contributed by atoms with E-state index in [2.05, 4.69) is 56.4 Å². The number of aromatic nitrogens is 3. The summed E-state index contributed by atoms with van der Waals surface area (Å²) in [6.07, 6.45) is 8.01. The number of pyridine rings is 2. The molecule has 0 radical (unpaired) electrons. The minimum atomic E-state index is 0.478. The Bertz CT molecular complexity index is 1210. The number of nitrogens with one attached hydrogen (secondary N) is 1. The summed E-state index contributed by atoms with van der Waals surface area (Å²) in [5.74, 6) is 0. The molecule has 134 valence electrons. The van der Waals surface area contributed by atoms with Crippen LogP contribution in [0, 0.1) is 19.3 Å². The minimum absolute atomic E-state index is 0.478. The fraction of sp³-hybridized carbons (Fsp3) is 0.130. The summed E-state index contributed by atoms with van der Waals surface area (Å²) in [6, 6.07) is 16.4. The zero-order valence-corrected chi connectivity index (χ0v) is 15.8. The Morgan fingerprint density at radius 3 is 2.41 bits per heavy atom. The molecule has 27 heavy (non-hydrogen) atoms. The smallest absolute Gasteiger partial charge is 0.137 e. The van der Waals surface area contributed by atoms with Crippen molar-refractivity contribution in [2.45, 2.75) is 20.8 Å². The van der Waals surface area contributed by atoms with Gasteiger partial charge in [-0.05, 0) is 67.3 Å². The van der Waals surface area contributed by atoms with E-state index in [1.807, 2.05) is 46.6 Å². The van der Waals surface area contributed by atoms with E-state index in [1.54, 1.807) is 0 Å². The van der Waals surface area contributed by atoms with Crippen LogP contribution in [0.25, 0.3) is 28.7 Å². The number of benzene rings is 1. The van der Waals surface area contributed by atoms with Gasteiger partial charge in [-0.2, -0.15) is 0 Å². The molecule has 4 rings (SSSR count). The summed E-state index contributed by atoms with van der Waals surface area (Å²) in [5, 5.41) is 8.09. The van der Waals surface area contributed by atoms with E-state index >= 15 is 0 Å². The molecule has 0 saturated heterocycles. The van der Waals surface area contributed by atoms with Crippen molar-refractivity contribution in [1.82, 2.24) is 14.0 Å². The number of aryl methyl sites for hydroxylation is 2. The zero-order chi connectivity index (χ0) is 19.0. The van der Waals surface area contributed by atoms with Crippen LogP contribution in [0.1, 0.15) is 23.6 Å². The molecule has 3 heterocycles. The number of imidazole rings is 1. The predicted molar refractivity (Wildman–Crippen MR) is 110 cm³/mol. The molecule has 4 aromatic rings. The second kappa shape index (κ2) is 6.72. The fourth-order valence-electron chi connectivity index (χ4n) is 3.14. The van der Waals surface area contributed by atoms with E-state index in [1.165, 1.54) is 5.56 Å². The Morgan fingerprint density at radius 2 is 1.67 bits per heavy atom. The van der Waals surface area contributed by atoms with Crippen LogP contribution in [-0.4, -0.2) is 14.0 Å². The molecule has 0 atom stereocenters. The number of allylic oxidation sites excluding steroid dienone is 1. The summed E-state index contributed by atoms with van der Waals surface area (Å²) in [7, 11) is 0. The highest BCUT2D eigenvalue weighted by Gasteiger charge is 2.05. The molecular formula is C23H22N4. The van der Waals surface area contributed by atoms with Crippen LogP contribution in [0.3, 0.4) is 0 Å². The third-order valence-electron chi connectivity index (χ3n) is 4.73. The van der Waals surface area contributed by atoms with Crippen molar-refractivity contribution >= 4 is 17.4 Å². The van der Waals surface area contributed by atoms with Gasteiger partial charge >= 0.3 is 0 Å². The molecular weight excluding hydrogens is 332 g/mol. The lowest BCUT2D eigenvalue weighted by Gasteiger charge is -2.06. The number of hydrogen-bond acceptors (Lipinski definition) is 2. The lowest BCUT2D eigenvalue weighted by atomic mass is 10.0. The average molecular weight is 354 g/mol. The molecule has 0 spiro atoms. The average Bonchev–Trinajstić information content (AvgIpc) is 3.07. The molecule has 3 aromatic heterocycles. The van der Waals surface area contributed by atoms with Gasteiger partial charge in [0.15, 0.2) is 0 Å². The summed E-state index contributed by atoms with van der Waals surface area (Å²) in [5.41, 5.74) is 8.04. The van der Waals surface area contributed by atoms with Crippen LogP contribution in [-0.2, 0) is 0 Å². The van der Waals surface area contributed by atoms with E-state index in [9.17, 15) is 0 Å². The van der Waals surface area contributed by atoms with Gasteiger partial charge in [0.2, 0.25) is 0 Å². The molecule has 0 aliphatic heterocycles. The quantitative estimate of drug-likeness (QED) is 0.558. The maximum absolute atomic E-state index is 8.09. The Kier molecular flexibility index (Phi) is 4.24. The summed E-state index contributed by atoms with van der Waals surface area (Å²) < 4.78 is 3.88. The monoisotopic (exact) mass is 354 g/mol. The third-order valence-corrected chi connectivity index (χ3v) is 4.73. The van der Waals surface area contributed by atoms with Crippen molar-refractivity contribution in [3.63, 3.8) is 0 Å². The van der Waals surface area contributed by atoms with Crippen LogP contribution >= 0.6 is 0 Å². The molecule has 0 aliphatic carbocycles. The standard InChI is InChI=1S/C23H22N4/c1-16-8-10-26(22(24)12-16)14-18(3)19-4-6-20(7-5-19)21-15-27-11-9-17(2)13-23(27)25-21/h4-15,24H,1-3H3/b18-14+,24-22?. The molecule has 1 aromatic carbocycles. The summed E-state index contributed by atoms with van der Waals surface area (Å²) >= 11 is 0. The molecule has 1 N–H and O–H groups in total. The van der Waals surface area contributed by atoms with E-state index in [4.69, 9.17) is 10.4 Å². The van der Waals surface area contributed by atoms with Gasteiger partial charge in [0.05, 0.1) is 5.69 Å². The fourth-order valence-corrected chi connectivity index (χ4v) is 3.14. The highest BCUT2D eigenvalue weighted by Crippen LogP contribution is 2.23. The lowest BCUT2D eigenvalue weighted by Crippen LogP contribution is -2.14. The van der Waals surface area contributed by atoms with E-state index in [0.29, 0.717) is 5.49 Å². The second-order valence-electron chi connectivity index (χ2n) is 6.98. The van der Waals surface area contributed by atoms with Gasteiger partial charge in [0.25, 0.3) is 0 Å². The van der Waals surface area contributed by atoms with Crippen molar-refractivity contribution in [3.05, 3.63) is 89.3 Å². The normalized spacial score (nSPS) is 11.9. The van der Waals surface area contributed by atoms with Crippen molar-refractivity contribution in [1.29, 1.82) is 5.41 Å².